The molecule has 1 unspecified atom stereocenters. The maximum Gasteiger partial charge on any atom is 0.191 e. The standard InChI is InChI=1S/C18H29N3O3S.HI/c1-2-19-18(21-14-17-10-6-12-24-17)20-11-7-13-25(22,23)15-16-8-4-3-5-9-16;/h3-5,8-9,17H,2,6-7,10-15H2,1H3,(H2,19,20,21);1H. The van der Waals surface area contributed by atoms with Gasteiger partial charge in [-0.3, -0.25) is 4.99 Å². The van der Waals surface area contributed by atoms with E-state index in [0.29, 0.717) is 19.5 Å². The summed E-state index contributed by atoms with van der Waals surface area (Å²) >= 11 is 0. The molecule has 8 heteroatoms. The molecule has 1 atom stereocenters. The highest BCUT2D eigenvalue weighted by Gasteiger charge is 2.15. The molecule has 148 valence electrons. The van der Waals surface area contributed by atoms with E-state index in [1.54, 1.807) is 0 Å². The van der Waals surface area contributed by atoms with Gasteiger partial charge in [-0.1, -0.05) is 30.3 Å². The highest BCUT2D eigenvalue weighted by molar-refractivity contribution is 14.0. The van der Waals surface area contributed by atoms with Gasteiger partial charge in [0, 0.05) is 19.7 Å². The zero-order valence-corrected chi connectivity index (χ0v) is 18.5. The number of ether oxygens (including phenoxy) is 1. The highest BCUT2D eigenvalue weighted by Crippen LogP contribution is 2.11. The van der Waals surface area contributed by atoms with Gasteiger partial charge in [-0.25, -0.2) is 8.42 Å². The molecule has 0 spiro atoms. The SMILES string of the molecule is CCNC(=NCC1CCCO1)NCCCS(=O)(=O)Cc1ccccc1.I. The minimum absolute atomic E-state index is 0. The van der Waals surface area contributed by atoms with Crippen LogP contribution >= 0.6 is 24.0 Å². The molecule has 1 aromatic carbocycles. The summed E-state index contributed by atoms with van der Waals surface area (Å²) in [6.07, 6.45) is 2.92. The van der Waals surface area contributed by atoms with Crippen molar-refractivity contribution in [1.29, 1.82) is 0 Å². The third-order valence-corrected chi connectivity index (χ3v) is 5.66. The summed E-state index contributed by atoms with van der Waals surface area (Å²) in [5, 5.41) is 6.38. The van der Waals surface area contributed by atoms with Gasteiger partial charge in [-0.05, 0) is 31.7 Å². The second-order valence-corrected chi connectivity index (χ2v) is 8.40. The summed E-state index contributed by atoms with van der Waals surface area (Å²) in [5.41, 5.74) is 0.835. The van der Waals surface area contributed by atoms with Crippen LogP contribution in [-0.2, 0) is 20.3 Å². The van der Waals surface area contributed by atoms with Crippen LogP contribution in [0.25, 0.3) is 0 Å². The van der Waals surface area contributed by atoms with Crippen molar-refractivity contribution in [1.82, 2.24) is 10.6 Å². The van der Waals surface area contributed by atoms with Crippen molar-refractivity contribution in [3.63, 3.8) is 0 Å². The van der Waals surface area contributed by atoms with Gasteiger partial charge in [0.1, 0.15) is 0 Å². The Morgan fingerprint density at radius 2 is 2.04 bits per heavy atom. The van der Waals surface area contributed by atoms with Gasteiger partial charge < -0.3 is 15.4 Å². The van der Waals surface area contributed by atoms with E-state index in [2.05, 4.69) is 15.6 Å². The largest absolute Gasteiger partial charge is 0.376 e. The van der Waals surface area contributed by atoms with Crippen LogP contribution in [0, 0.1) is 0 Å². The van der Waals surface area contributed by atoms with Gasteiger partial charge in [0.2, 0.25) is 0 Å². The Balaban J connectivity index is 0.00000338. The molecule has 0 bridgehead atoms. The number of aliphatic imine (C=N–C) groups is 1. The van der Waals surface area contributed by atoms with E-state index < -0.39 is 9.84 Å². The molecule has 6 nitrogen and oxygen atoms in total. The number of hydrogen-bond acceptors (Lipinski definition) is 4. The lowest BCUT2D eigenvalue weighted by Gasteiger charge is -2.13. The summed E-state index contributed by atoms with van der Waals surface area (Å²) in [4.78, 5) is 4.52. The smallest absolute Gasteiger partial charge is 0.191 e. The zero-order valence-electron chi connectivity index (χ0n) is 15.3. The van der Waals surface area contributed by atoms with Crippen LogP contribution in [0.15, 0.2) is 35.3 Å². The molecule has 0 radical (unpaired) electrons. The summed E-state index contributed by atoms with van der Waals surface area (Å²) in [5.74, 6) is 0.986. The third-order valence-electron chi connectivity index (χ3n) is 3.98. The molecule has 0 aromatic heterocycles. The minimum atomic E-state index is -3.09. The Hall–Kier alpha value is -0.870. The first-order valence-corrected chi connectivity index (χ1v) is 10.8. The quantitative estimate of drug-likeness (QED) is 0.238. The maximum atomic E-state index is 12.2. The van der Waals surface area contributed by atoms with Gasteiger partial charge in [0.25, 0.3) is 0 Å². The molecule has 0 saturated carbocycles. The Kier molecular flexibility index (Phi) is 11.1. The molecule has 1 fully saturated rings. The molecule has 1 heterocycles. The molecule has 2 N–H and O–H groups in total. The van der Waals surface area contributed by atoms with E-state index in [-0.39, 0.29) is 41.6 Å². The van der Waals surface area contributed by atoms with Gasteiger partial charge >= 0.3 is 0 Å². The second kappa shape index (κ2) is 12.5. The normalized spacial score (nSPS) is 17.6. The number of guanidine groups is 1. The first-order valence-electron chi connectivity index (χ1n) is 8.97. The Morgan fingerprint density at radius 1 is 1.27 bits per heavy atom. The lowest BCUT2D eigenvalue weighted by molar-refractivity contribution is 0.117. The van der Waals surface area contributed by atoms with Crippen molar-refractivity contribution in [3.8, 4) is 0 Å². The predicted molar refractivity (Wildman–Crippen MR) is 117 cm³/mol. The van der Waals surface area contributed by atoms with Crippen LogP contribution < -0.4 is 10.6 Å². The molecule has 0 amide bonds. The van der Waals surface area contributed by atoms with E-state index in [4.69, 9.17) is 4.74 Å². The minimum Gasteiger partial charge on any atom is -0.376 e. The van der Waals surface area contributed by atoms with Crippen LogP contribution in [0.3, 0.4) is 0 Å². The summed E-state index contributed by atoms with van der Waals surface area (Å²) in [7, 11) is -3.09. The van der Waals surface area contributed by atoms with Crippen LogP contribution in [0.4, 0.5) is 0 Å². The molecular weight excluding hydrogens is 465 g/mol. The molecule has 0 aliphatic carbocycles. The van der Waals surface area contributed by atoms with E-state index >= 15 is 0 Å². The van der Waals surface area contributed by atoms with Crippen molar-refractivity contribution in [2.45, 2.75) is 38.0 Å². The number of benzene rings is 1. The van der Waals surface area contributed by atoms with Crippen LogP contribution in [0.1, 0.15) is 31.7 Å². The number of nitrogens with zero attached hydrogens (tertiary/aromatic N) is 1. The summed E-state index contributed by atoms with van der Waals surface area (Å²) in [6.45, 7) is 4.81. The van der Waals surface area contributed by atoms with Crippen LogP contribution in [-0.4, -0.2) is 52.5 Å². The van der Waals surface area contributed by atoms with E-state index in [0.717, 1.165) is 37.5 Å². The van der Waals surface area contributed by atoms with Crippen molar-refractivity contribution in [2.24, 2.45) is 4.99 Å². The van der Waals surface area contributed by atoms with Gasteiger partial charge in [-0.15, -0.1) is 24.0 Å². The first-order chi connectivity index (χ1) is 12.1. The average Bonchev–Trinajstić information content (AvgIpc) is 3.10. The molecule has 2 rings (SSSR count). The molecular formula is C18H30IN3O3S. The fourth-order valence-electron chi connectivity index (χ4n) is 2.72. The van der Waals surface area contributed by atoms with Gasteiger partial charge in [0.05, 0.1) is 24.2 Å². The fourth-order valence-corrected chi connectivity index (χ4v) is 4.15. The molecule has 26 heavy (non-hydrogen) atoms. The van der Waals surface area contributed by atoms with Crippen molar-refractivity contribution >= 4 is 39.8 Å². The molecule has 1 aromatic rings. The Morgan fingerprint density at radius 3 is 2.69 bits per heavy atom. The van der Waals surface area contributed by atoms with Gasteiger partial charge in [0.15, 0.2) is 15.8 Å². The Bertz CT molecular complexity index is 632. The topological polar surface area (TPSA) is 79.8 Å². The van der Waals surface area contributed by atoms with E-state index in [1.807, 2.05) is 37.3 Å². The molecule has 1 saturated heterocycles. The molecule has 1 aliphatic heterocycles. The maximum absolute atomic E-state index is 12.2. The number of sulfone groups is 1. The highest BCUT2D eigenvalue weighted by atomic mass is 127. The predicted octanol–water partition coefficient (Wildman–Crippen LogP) is 2.34. The first kappa shape index (κ1) is 23.2. The fraction of sp³-hybridized carbons (Fsp3) is 0.611. The van der Waals surface area contributed by atoms with Crippen LogP contribution in [0.5, 0.6) is 0 Å². The summed E-state index contributed by atoms with van der Waals surface area (Å²) < 4.78 is 29.9. The average molecular weight is 495 g/mol. The second-order valence-electron chi connectivity index (χ2n) is 6.21. The third kappa shape index (κ3) is 9.18. The lowest BCUT2D eigenvalue weighted by atomic mass is 10.2. The Labute approximate surface area is 174 Å². The van der Waals surface area contributed by atoms with Crippen molar-refractivity contribution in [3.05, 3.63) is 35.9 Å². The summed E-state index contributed by atoms with van der Waals surface area (Å²) in [6, 6.07) is 9.30. The van der Waals surface area contributed by atoms with Gasteiger partial charge in [-0.2, -0.15) is 0 Å². The monoisotopic (exact) mass is 495 g/mol. The number of halogens is 1. The lowest BCUT2D eigenvalue weighted by Crippen LogP contribution is -2.38. The zero-order chi connectivity index (χ0) is 18.0. The number of nitrogens with one attached hydrogen (secondary N) is 2. The van der Waals surface area contributed by atoms with Crippen LogP contribution in [0.2, 0.25) is 0 Å². The van der Waals surface area contributed by atoms with E-state index in [1.165, 1.54) is 0 Å². The van der Waals surface area contributed by atoms with E-state index in [9.17, 15) is 8.42 Å². The molecule has 1 aliphatic rings. The van der Waals surface area contributed by atoms with Crippen molar-refractivity contribution in [2.75, 3.05) is 32.0 Å². The number of hydrogen-bond donors (Lipinski definition) is 2. The number of rotatable bonds is 9. The van der Waals surface area contributed by atoms with Crippen molar-refractivity contribution < 1.29 is 13.2 Å².